The van der Waals surface area contributed by atoms with Crippen molar-refractivity contribution in [3.05, 3.63) is 71.1 Å². The van der Waals surface area contributed by atoms with Gasteiger partial charge >= 0.3 is 0 Å². The Morgan fingerprint density at radius 3 is 2.42 bits per heavy atom. The summed E-state index contributed by atoms with van der Waals surface area (Å²) < 4.78 is 5.08. The lowest BCUT2D eigenvalue weighted by Gasteiger charge is -2.25. The topological polar surface area (TPSA) is 79.7 Å². The number of rotatable bonds is 5. The van der Waals surface area contributed by atoms with Crippen LogP contribution >= 0.6 is 0 Å². The summed E-state index contributed by atoms with van der Waals surface area (Å²) >= 11 is 0. The standard InChI is InChI=1S/C20H20N2O4/c1-13-3-5-14(6-4-13)17-16(18(23)15-7-9-21-10-8-15)19(24)20(25)22(17)11-12-26-2/h3-10,17,23H,11-12H2,1-2H3. The average molecular weight is 352 g/mol. The Hall–Kier alpha value is -2.99. The minimum absolute atomic E-state index is 0.0844. The highest BCUT2D eigenvalue weighted by molar-refractivity contribution is 6.46. The van der Waals surface area contributed by atoms with Gasteiger partial charge in [-0.3, -0.25) is 14.6 Å². The van der Waals surface area contributed by atoms with Crippen LogP contribution in [0.3, 0.4) is 0 Å². The molecule has 1 N–H and O–H groups in total. The van der Waals surface area contributed by atoms with E-state index in [-0.39, 0.29) is 17.9 Å². The molecule has 1 aromatic carbocycles. The lowest BCUT2D eigenvalue weighted by Crippen LogP contribution is -2.32. The van der Waals surface area contributed by atoms with Crippen molar-refractivity contribution in [2.45, 2.75) is 13.0 Å². The number of aliphatic hydroxyl groups excluding tert-OH is 1. The Labute approximate surface area is 151 Å². The molecule has 1 fully saturated rings. The molecule has 1 aliphatic rings. The Morgan fingerprint density at radius 2 is 1.81 bits per heavy atom. The van der Waals surface area contributed by atoms with Crippen LogP contribution in [0.15, 0.2) is 54.4 Å². The molecular weight excluding hydrogens is 332 g/mol. The number of Topliss-reactive ketones (excluding diaryl/α,β-unsaturated/α-hetero) is 1. The highest BCUT2D eigenvalue weighted by atomic mass is 16.5. The number of methoxy groups -OCH3 is 1. The second-order valence-corrected chi connectivity index (χ2v) is 6.13. The Morgan fingerprint density at radius 1 is 1.15 bits per heavy atom. The van der Waals surface area contributed by atoms with E-state index in [1.807, 2.05) is 31.2 Å². The van der Waals surface area contributed by atoms with Crippen molar-refractivity contribution in [2.75, 3.05) is 20.3 Å². The molecule has 6 nitrogen and oxygen atoms in total. The molecule has 2 aromatic rings. The molecule has 0 radical (unpaired) electrons. The van der Waals surface area contributed by atoms with E-state index in [0.717, 1.165) is 11.1 Å². The van der Waals surface area contributed by atoms with E-state index >= 15 is 0 Å². The fourth-order valence-corrected chi connectivity index (χ4v) is 3.06. The second kappa shape index (κ2) is 7.49. The number of aromatic nitrogens is 1. The molecule has 1 aliphatic heterocycles. The number of benzene rings is 1. The lowest BCUT2D eigenvalue weighted by molar-refractivity contribution is -0.140. The van der Waals surface area contributed by atoms with Crippen LogP contribution in [-0.4, -0.2) is 46.9 Å². The Bertz CT molecular complexity index is 844. The van der Waals surface area contributed by atoms with E-state index in [2.05, 4.69) is 4.98 Å². The second-order valence-electron chi connectivity index (χ2n) is 6.13. The first-order valence-electron chi connectivity index (χ1n) is 8.29. The molecule has 26 heavy (non-hydrogen) atoms. The number of likely N-dealkylation sites (tertiary alicyclic amines) is 1. The summed E-state index contributed by atoms with van der Waals surface area (Å²) in [6, 6.07) is 10.1. The highest BCUT2D eigenvalue weighted by Gasteiger charge is 2.45. The number of pyridine rings is 1. The molecule has 1 unspecified atom stereocenters. The van der Waals surface area contributed by atoms with Gasteiger partial charge in [-0.1, -0.05) is 29.8 Å². The van der Waals surface area contributed by atoms with Crippen molar-refractivity contribution < 1.29 is 19.4 Å². The third-order valence-electron chi connectivity index (χ3n) is 4.42. The first-order valence-corrected chi connectivity index (χ1v) is 8.29. The zero-order valence-electron chi connectivity index (χ0n) is 14.7. The number of aliphatic hydroxyl groups is 1. The van der Waals surface area contributed by atoms with Crippen molar-refractivity contribution in [2.24, 2.45) is 0 Å². The Balaban J connectivity index is 2.15. The normalized spacial score (nSPS) is 19.2. The molecule has 0 bridgehead atoms. The number of hydrogen-bond acceptors (Lipinski definition) is 5. The van der Waals surface area contributed by atoms with Gasteiger partial charge in [0.25, 0.3) is 11.7 Å². The summed E-state index contributed by atoms with van der Waals surface area (Å²) in [6.07, 6.45) is 3.05. The molecule has 3 rings (SSSR count). The average Bonchev–Trinajstić information content (AvgIpc) is 2.91. The highest BCUT2D eigenvalue weighted by Crippen LogP contribution is 2.39. The van der Waals surface area contributed by atoms with Gasteiger partial charge in [0.05, 0.1) is 18.2 Å². The van der Waals surface area contributed by atoms with Crippen molar-refractivity contribution in [3.63, 3.8) is 0 Å². The van der Waals surface area contributed by atoms with Crippen molar-refractivity contribution in [1.29, 1.82) is 0 Å². The quantitative estimate of drug-likeness (QED) is 0.508. The van der Waals surface area contributed by atoms with Gasteiger partial charge in [-0.05, 0) is 24.6 Å². The third kappa shape index (κ3) is 3.23. The molecule has 6 heteroatoms. The number of carbonyl (C=O) groups is 2. The first kappa shape index (κ1) is 17.8. The van der Waals surface area contributed by atoms with Crippen LogP contribution in [0.4, 0.5) is 0 Å². The fraction of sp³-hybridized carbons (Fsp3) is 0.250. The fourth-order valence-electron chi connectivity index (χ4n) is 3.06. The summed E-state index contributed by atoms with van der Waals surface area (Å²) in [5.74, 6) is -1.53. The molecule has 1 aromatic heterocycles. The SMILES string of the molecule is COCCN1C(=O)C(=O)C(=C(O)c2ccncc2)C1c1ccc(C)cc1. The first-order chi connectivity index (χ1) is 12.5. The zero-order chi connectivity index (χ0) is 18.7. The largest absolute Gasteiger partial charge is 0.507 e. The maximum absolute atomic E-state index is 12.7. The molecule has 1 saturated heterocycles. The van der Waals surface area contributed by atoms with E-state index in [1.165, 1.54) is 24.4 Å². The van der Waals surface area contributed by atoms with E-state index in [4.69, 9.17) is 4.74 Å². The van der Waals surface area contributed by atoms with Crippen LogP contribution in [0, 0.1) is 6.92 Å². The number of carbonyl (C=O) groups excluding carboxylic acids is 2. The predicted octanol–water partition coefficient (Wildman–Crippen LogP) is 2.46. The van der Waals surface area contributed by atoms with E-state index in [9.17, 15) is 14.7 Å². The number of ether oxygens (including phenoxy) is 1. The maximum Gasteiger partial charge on any atom is 0.295 e. The maximum atomic E-state index is 12.7. The number of nitrogens with zero attached hydrogens (tertiary/aromatic N) is 2. The van der Waals surface area contributed by atoms with Gasteiger partial charge in [0.2, 0.25) is 0 Å². The third-order valence-corrected chi connectivity index (χ3v) is 4.42. The monoisotopic (exact) mass is 352 g/mol. The van der Waals surface area contributed by atoms with Crippen LogP contribution in [-0.2, 0) is 14.3 Å². The summed E-state index contributed by atoms with van der Waals surface area (Å²) in [6.45, 7) is 2.51. The van der Waals surface area contributed by atoms with E-state index in [0.29, 0.717) is 12.2 Å². The molecule has 0 spiro atoms. The molecule has 0 saturated carbocycles. The van der Waals surface area contributed by atoms with Gasteiger partial charge in [-0.15, -0.1) is 0 Å². The van der Waals surface area contributed by atoms with Crippen LogP contribution in [0.25, 0.3) is 5.76 Å². The van der Waals surface area contributed by atoms with E-state index < -0.39 is 17.7 Å². The molecule has 134 valence electrons. The molecule has 1 amide bonds. The minimum Gasteiger partial charge on any atom is -0.507 e. The number of hydrogen-bond donors (Lipinski definition) is 1. The number of aryl methyl sites for hydroxylation is 1. The van der Waals surface area contributed by atoms with Crippen molar-refractivity contribution in [3.8, 4) is 0 Å². The van der Waals surface area contributed by atoms with Gasteiger partial charge in [-0.2, -0.15) is 0 Å². The molecular formula is C20H20N2O4. The summed E-state index contributed by atoms with van der Waals surface area (Å²) in [4.78, 5) is 30.6. The van der Waals surface area contributed by atoms with Crippen LogP contribution < -0.4 is 0 Å². The van der Waals surface area contributed by atoms with Gasteiger partial charge in [0.1, 0.15) is 5.76 Å². The van der Waals surface area contributed by atoms with Crippen LogP contribution in [0.5, 0.6) is 0 Å². The smallest absolute Gasteiger partial charge is 0.295 e. The number of amides is 1. The van der Waals surface area contributed by atoms with Crippen molar-refractivity contribution in [1.82, 2.24) is 9.88 Å². The predicted molar refractivity (Wildman–Crippen MR) is 96.3 cm³/mol. The molecule has 0 aliphatic carbocycles. The summed E-state index contributed by atoms with van der Waals surface area (Å²) in [5, 5.41) is 10.8. The number of ketones is 1. The van der Waals surface area contributed by atoms with Crippen molar-refractivity contribution >= 4 is 17.4 Å². The van der Waals surface area contributed by atoms with E-state index in [1.54, 1.807) is 12.1 Å². The van der Waals surface area contributed by atoms with Crippen LogP contribution in [0.1, 0.15) is 22.7 Å². The Kier molecular flexibility index (Phi) is 5.14. The summed E-state index contributed by atoms with van der Waals surface area (Å²) in [5.41, 5.74) is 2.36. The molecule has 2 heterocycles. The summed E-state index contributed by atoms with van der Waals surface area (Å²) in [7, 11) is 1.54. The minimum atomic E-state index is -0.694. The van der Waals surface area contributed by atoms with Crippen LogP contribution in [0.2, 0.25) is 0 Å². The van der Waals surface area contributed by atoms with Gasteiger partial charge in [0.15, 0.2) is 0 Å². The lowest BCUT2D eigenvalue weighted by atomic mass is 9.95. The van der Waals surface area contributed by atoms with Gasteiger partial charge in [-0.25, -0.2) is 0 Å². The molecule has 1 atom stereocenters. The zero-order valence-corrected chi connectivity index (χ0v) is 14.7. The van der Waals surface area contributed by atoms with Gasteiger partial charge < -0.3 is 14.7 Å². The van der Waals surface area contributed by atoms with Gasteiger partial charge in [0, 0.05) is 31.6 Å².